The van der Waals surface area contributed by atoms with E-state index in [1.807, 2.05) is 6.92 Å². The number of nitrogens with one attached hydrogen (secondary N) is 1. The van der Waals surface area contributed by atoms with Crippen LogP contribution < -0.4 is 5.32 Å². The van der Waals surface area contributed by atoms with Gasteiger partial charge in [0, 0.05) is 18.1 Å². The molecule has 0 bridgehead atoms. The van der Waals surface area contributed by atoms with Crippen molar-refractivity contribution in [3.63, 3.8) is 0 Å². The molecule has 2 N–H and O–H groups in total. The third-order valence-electron chi connectivity index (χ3n) is 2.03. The Hall–Kier alpha value is -1.14. The molecule has 0 atom stereocenters. The van der Waals surface area contributed by atoms with Crippen LogP contribution in [0.4, 0.5) is 4.79 Å². The molecule has 96 valence electrons. The van der Waals surface area contributed by atoms with Crippen LogP contribution in [0.5, 0.6) is 0 Å². The van der Waals surface area contributed by atoms with Gasteiger partial charge in [-0.05, 0) is 20.8 Å². The Bertz CT molecular complexity index is 384. The molecule has 0 aliphatic heterocycles. The predicted octanol–water partition coefficient (Wildman–Crippen LogP) is 1.36. The molecule has 0 radical (unpaired) electrons. The van der Waals surface area contributed by atoms with Crippen LogP contribution in [0.25, 0.3) is 0 Å². The zero-order valence-corrected chi connectivity index (χ0v) is 11.5. The molecule has 0 saturated heterocycles. The summed E-state index contributed by atoms with van der Waals surface area (Å²) in [4.78, 5) is 18.4. The number of hydrogen-bond donors (Lipinski definition) is 2. The van der Waals surface area contributed by atoms with Crippen molar-refractivity contribution < 1.29 is 9.90 Å². The highest BCUT2D eigenvalue weighted by atomic mass is 32.1. The maximum absolute atomic E-state index is 11.7. The van der Waals surface area contributed by atoms with Crippen LogP contribution in [0.2, 0.25) is 0 Å². The molecule has 1 aromatic heterocycles. The minimum Gasteiger partial charge on any atom is -0.389 e. The van der Waals surface area contributed by atoms with Gasteiger partial charge in [-0.25, -0.2) is 9.78 Å². The van der Waals surface area contributed by atoms with Gasteiger partial charge in [-0.1, -0.05) is 0 Å². The molecule has 2 amide bonds. The summed E-state index contributed by atoms with van der Waals surface area (Å²) in [6, 6.07) is -0.208. The molecular weight excluding hydrogens is 238 g/mol. The number of rotatable bonds is 4. The molecule has 0 spiro atoms. The highest BCUT2D eigenvalue weighted by Gasteiger charge is 2.19. The van der Waals surface area contributed by atoms with Gasteiger partial charge in [-0.2, -0.15) is 0 Å². The lowest BCUT2D eigenvalue weighted by molar-refractivity contribution is 0.0531. The minimum absolute atomic E-state index is 0.208. The van der Waals surface area contributed by atoms with Crippen LogP contribution in [0.15, 0.2) is 6.20 Å². The first-order valence-corrected chi connectivity index (χ1v) is 6.22. The third-order valence-corrected chi connectivity index (χ3v) is 2.94. The second kappa shape index (κ2) is 5.46. The van der Waals surface area contributed by atoms with Crippen molar-refractivity contribution in [3.8, 4) is 0 Å². The van der Waals surface area contributed by atoms with E-state index in [1.165, 1.54) is 4.90 Å². The maximum Gasteiger partial charge on any atom is 0.317 e. The van der Waals surface area contributed by atoms with E-state index in [2.05, 4.69) is 10.3 Å². The Morgan fingerprint density at radius 2 is 2.29 bits per heavy atom. The Labute approximate surface area is 105 Å². The van der Waals surface area contributed by atoms with Crippen LogP contribution in [0.1, 0.15) is 23.7 Å². The third kappa shape index (κ3) is 5.14. The van der Waals surface area contributed by atoms with E-state index in [0.29, 0.717) is 6.54 Å². The Morgan fingerprint density at radius 1 is 1.65 bits per heavy atom. The van der Waals surface area contributed by atoms with Gasteiger partial charge in [0.25, 0.3) is 0 Å². The van der Waals surface area contributed by atoms with Crippen LogP contribution >= 0.6 is 11.3 Å². The molecule has 6 heteroatoms. The van der Waals surface area contributed by atoms with Crippen LogP contribution in [-0.2, 0) is 6.54 Å². The molecule has 17 heavy (non-hydrogen) atoms. The fourth-order valence-corrected chi connectivity index (χ4v) is 2.15. The molecule has 0 aliphatic carbocycles. The Morgan fingerprint density at radius 3 is 2.76 bits per heavy atom. The number of hydrogen-bond acceptors (Lipinski definition) is 4. The summed E-state index contributed by atoms with van der Waals surface area (Å²) in [6.45, 7) is 6.02. The van der Waals surface area contributed by atoms with Gasteiger partial charge in [-0.3, -0.25) is 0 Å². The highest BCUT2D eigenvalue weighted by Crippen LogP contribution is 2.10. The summed E-state index contributed by atoms with van der Waals surface area (Å²) in [6.07, 6.45) is 1.78. The summed E-state index contributed by atoms with van der Waals surface area (Å²) >= 11 is 1.56. The van der Waals surface area contributed by atoms with E-state index in [-0.39, 0.29) is 12.6 Å². The first-order valence-electron chi connectivity index (χ1n) is 5.40. The van der Waals surface area contributed by atoms with Crippen LogP contribution in [0, 0.1) is 6.92 Å². The number of carbonyl (C=O) groups excluding carboxylic acids is 1. The van der Waals surface area contributed by atoms with Crippen molar-refractivity contribution in [1.82, 2.24) is 15.2 Å². The Kier molecular flexibility index (Phi) is 4.47. The van der Waals surface area contributed by atoms with Crippen molar-refractivity contribution >= 4 is 17.4 Å². The maximum atomic E-state index is 11.7. The Balaban J connectivity index is 2.39. The molecule has 0 fully saturated rings. The standard InChI is InChI=1S/C11H19N3O2S/c1-8-5-12-9(17-8)6-13-10(15)14(4)7-11(2,3)16/h5,16H,6-7H2,1-4H3,(H,13,15). The van der Waals surface area contributed by atoms with Crippen LogP contribution in [-0.4, -0.2) is 40.2 Å². The summed E-state index contributed by atoms with van der Waals surface area (Å²) in [5.74, 6) is 0. The van der Waals surface area contributed by atoms with Crippen molar-refractivity contribution in [2.75, 3.05) is 13.6 Å². The highest BCUT2D eigenvalue weighted by molar-refractivity contribution is 7.11. The average Bonchev–Trinajstić information content (AvgIpc) is 2.58. The first kappa shape index (κ1) is 13.9. The van der Waals surface area contributed by atoms with E-state index in [1.54, 1.807) is 38.4 Å². The van der Waals surface area contributed by atoms with E-state index in [9.17, 15) is 9.90 Å². The summed E-state index contributed by atoms with van der Waals surface area (Å²) in [5.41, 5.74) is -0.885. The molecule has 5 nitrogen and oxygen atoms in total. The lowest BCUT2D eigenvalue weighted by Crippen LogP contribution is -2.44. The van der Waals surface area contributed by atoms with E-state index < -0.39 is 5.60 Å². The molecule has 0 saturated carbocycles. The van der Waals surface area contributed by atoms with Gasteiger partial charge in [0.1, 0.15) is 5.01 Å². The fourth-order valence-electron chi connectivity index (χ4n) is 1.42. The normalized spacial score (nSPS) is 11.4. The number of aliphatic hydroxyl groups is 1. The van der Waals surface area contributed by atoms with E-state index in [4.69, 9.17) is 0 Å². The monoisotopic (exact) mass is 257 g/mol. The topological polar surface area (TPSA) is 65.5 Å². The number of thiazole rings is 1. The van der Waals surface area contributed by atoms with Crippen molar-refractivity contribution in [3.05, 3.63) is 16.1 Å². The van der Waals surface area contributed by atoms with Gasteiger partial charge < -0.3 is 15.3 Å². The van der Waals surface area contributed by atoms with Gasteiger partial charge in [0.05, 0.1) is 18.7 Å². The zero-order chi connectivity index (χ0) is 13.1. The van der Waals surface area contributed by atoms with E-state index in [0.717, 1.165) is 9.88 Å². The molecule has 0 aromatic carbocycles. The number of aromatic nitrogens is 1. The number of aryl methyl sites for hydroxylation is 1. The lowest BCUT2D eigenvalue weighted by Gasteiger charge is -2.25. The quantitative estimate of drug-likeness (QED) is 0.856. The fraction of sp³-hybridized carbons (Fsp3) is 0.636. The second-order valence-electron chi connectivity index (χ2n) is 4.69. The van der Waals surface area contributed by atoms with Gasteiger partial charge in [-0.15, -0.1) is 11.3 Å². The molecule has 0 aliphatic rings. The van der Waals surface area contributed by atoms with Gasteiger partial charge >= 0.3 is 6.03 Å². The zero-order valence-electron chi connectivity index (χ0n) is 10.6. The largest absolute Gasteiger partial charge is 0.389 e. The SMILES string of the molecule is Cc1cnc(CNC(=O)N(C)CC(C)(C)O)s1. The molecule has 1 heterocycles. The molecule has 1 aromatic rings. The van der Waals surface area contributed by atoms with E-state index >= 15 is 0 Å². The van der Waals surface area contributed by atoms with Crippen molar-refractivity contribution in [1.29, 1.82) is 0 Å². The molecule has 0 unspecified atom stereocenters. The second-order valence-corrected chi connectivity index (χ2v) is 6.01. The number of nitrogens with zero attached hydrogens (tertiary/aromatic N) is 2. The van der Waals surface area contributed by atoms with Crippen LogP contribution in [0.3, 0.4) is 0 Å². The first-order chi connectivity index (χ1) is 7.78. The number of likely N-dealkylation sites (N-methyl/N-ethyl adjacent to an activating group) is 1. The summed E-state index contributed by atoms with van der Waals surface area (Å²) in [7, 11) is 1.65. The van der Waals surface area contributed by atoms with Gasteiger partial charge in [0.2, 0.25) is 0 Å². The van der Waals surface area contributed by atoms with Crippen molar-refractivity contribution in [2.24, 2.45) is 0 Å². The lowest BCUT2D eigenvalue weighted by atomic mass is 10.1. The number of urea groups is 1. The number of amides is 2. The summed E-state index contributed by atoms with van der Waals surface area (Å²) in [5, 5.41) is 13.2. The average molecular weight is 257 g/mol. The smallest absolute Gasteiger partial charge is 0.317 e. The van der Waals surface area contributed by atoms with Gasteiger partial charge in [0.15, 0.2) is 0 Å². The van der Waals surface area contributed by atoms with Crippen molar-refractivity contribution in [2.45, 2.75) is 32.9 Å². The number of carbonyl (C=O) groups is 1. The predicted molar refractivity (Wildman–Crippen MR) is 68.0 cm³/mol. The molecule has 1 rings (SSSR count). The summed E-state index contributed by atoms with van der Waals surface area (Å²) < 4.78 is 0. The molecular formula is C11H19N3O2S. The minimum atomic E-state index is -0.885.